The van der Waals surface area contributed by atoms with Crippen molar-refractivity contribution in [3.63, 3.8) is 0 Å². The normalized spacial score (nSPS) is 24.2. The van der Waals surface area contributed by atoms with Crippen LogP contribution in [-0.2, 0) is 0 Å². The van der Waals surface area contributed by atoms with Crippen LogP contribution in [0.3, 0.4) is 0 Å². The maximum Gasteiger partial charge on any atom is 0.254 e. The number of nitrogens with zero attached hydrogens (tertiary/aromatic N) is 2. The second kappa shape index (κ2) is 6.58. The fraction of sp³-hybridized carbons (Fsp3) is 0.550. The molecule has 0 aromatic heterocycles. The Labute approximate surface area is 144 Å². The highest BCUT2D eigenvalue weighted by Gasteiger charge is 2.36. The molecule has 1 N–H and O–H groups in total. The summed E-state index contributed by atoms with van der Waals surface area (Å²) in [5.41, 5.74) is 0.524. The van der Waals surface area contributed by atoms with Crippen LogP contribution in [0.2, 0.25) is 0 Å². The molecular formula is C20H26N2O2. The molecule has 4 heteroatoms. The van der Waals surface area contributed by atoms with Gasteiger partial charge in [-0.1, -0.05) is 11.8 Å². The first kappa shape index (κ1) is 17.0. The van der Waals surface area contributed by atoms with Crippen molar-refractivity contribution in [3.8, 4) is 11.8 Å². The van der Waals surface area contributed by atoms with Crippen LogP contribution >= 0.6 is 0 Å². The van der Waals surface area contributed by atoms with Gasteiger partial charge in [0.05, 0.1) is 0 Å². The predicted octanol–water partition coefficient (Wildman–Crippen LogP) is 1.98. The second-order valence-corrected chi connectivity index (χ2v) is 7.66. The SMILES string of the molecule is CN1C[C@H]2CC[C@@H](C1)N(C(=O)c1ccc(C#CC(C)(C)O)cc1)C2. The van der Waals surface area contributed by atoms with Crippen LogP contribution in [0.1, 0.15) is 42.6 Å². The maximum absolute atomic E-state index is 12.9. The van der Waals surface area contributed by atoms with E-state index in [2.05, 4.69) is 28.7 Å². The molecule has 3 aliphatic heterocycles. The van der Waals surface area contributed by atoms with Crippen LogP contribution in [0.4, 0.5) is 0 Å². The molecule has 1 aromatic rings. The summed E-state index contributed by atoms with van der Waals surface area (Å²) in [5, 5.41) is 9.66. The number of likely N-dealkylation sites (N-methyl/N-ethyl adjacent to an activating group) is 1. The van der Waals surface area contributed by atoms with E-state index in [4.69, 9.17) is 0 Å². The van der Waals surface area contributed by atoms with Gasteiger partial charge in [0.1, 0.15) is 5.60 Å². The van der Waals surface area contributed by atoms with Crippen molar-refractivity contribution in [2.45, 2.75) is 38.3 Å². The van der Waals surface area contributed by atoms with Gasteiger partial charge in [0.2, 0.25) is 0 Å². The third-order valence-corrected chi connectivity index (χ3v) is 4.80. The van der Waals surface area contributed by atoms with Crippen molar-refractivity contribution < 1.29 is 9.90 Å². The molecule has 3 fully saturated rings. The van der Waals surface area contributed by atoms with Gasteiger partial charge >= 0.3 is 0 Å². The monoisotopic (exact) mass is 326 g/mol. The Morgan fingerprint density at radius 2 is 1.88 bits per heavy atom. The van der Waals surface area contributed by atoms with Gasteiger partial charge in [-0.15, -0.1) is 0 Å². The van der Waals surface area contributed by atoms with Crippen molar-refractivity contribution in [1.82, 2.24) is 9.80 Å². The van der Waals surface area contributed by atoms with Gasteiger partial charge in [0.25, 0.3) is 5.91 Å². The smallest absolute Gasteiger partial charge is 0.254 e. The number of amides is 1. The summed E-state index contributed by atoms with van der Waals surface area (Å²) in [5.74, 6) is 6.45. The molecule has 0 unspecified atom stereocenters. The van der Waals surface area contributed by atoms with Gasteiger partial charge in [-0.05, 0) is 63.9 Å². The quantitative estimate of drug-likeness (QED) is 0.803. The van der Waals surface area contributed by atoms with Gasteiger partial charge in [0.15, 0.2) is 0 Å². The van der Waals surface area contributed by atoms with Gasteiger partial charge in [-0.2, -0.15) is 0 Å². The standard InChI is InChI=1S/C20H26N2O2/c1-20(2,24)11-10-15-4-7-17(8-5-15)19(23)22-13-16-6-9-18(22)14-21(3)12-16/h4-5,7-8,16,18,24H,6,9,12-14H2,1-3H3/t16-,18+/m1/s1. The highest BCUT2D eigenvalue weighted by molar-refractivity contribution is 5.94. The molecule has 1 amide bonds. The lowest BCUT2D eigenvalue weighted by Gasteiger charge is -2.36. The van der Waals surface area contributed by atoms with E-state index in [9.17, 15) is 9.90 Å². The zero-order valence-electron chi connectivity index (χ0n) is 14.7. The molecule has 0 saturated carbocycles. The van der Waals surface area contributed by atoms with Gasteiger partial charge in [-0.25, -0.2) is 0 Å². The summed E-state index contributed by atoms with van der Waals surface area (Å²) in [6.07, 6.45) is 2.33. The van der Waals surface area contributed by atoms with Gasteiger partial charge in [0, 0.05) is 36.8 Å². The molecule has 1 aromatic carbocycles. The van der Waals surface area contributed by atoms with E-state index in [-0.39, 0.29) is 5.91 Å². The highest BCUT2D eigenvalue weighted by atomic mass is 16.3. The van der Waals surface area contributed by atoms with Crippen LogP contribution in [0.5, 0.6) is 0 Å². The van der Waals surface area contributed by atoms with Crippen LogP contribution in [0.15, 0.2) is 24.3 Å². The molecule has 128 valence electrons. The Bertz CT molecular complexity index is 664. The summed E-state index contributed by atoms with van der Waals surface area (Å²) in [6, 6.07) is 7.73. The largest absolute Gasteiger partial charge is 0.378 e. The first-order chi connectivity index (χ1) is 11.3. The molecular weight excluding hydrogens is 300 g/mol. The molecule has 0 spiro atoms. The summed E-state index contributed by atoms with van der Waals surface area (Å²) >= 11 is 0. The Balaban J connectivity index is 1.74. The zero-order chi connectivity index (χ0) is 17.3. The maximum atomic E-state index is 12.9. The molecule has 3 saturated heterocycles. The minimum Gasteiger partial charge on any atom is -0.378 e. The van der Waals surface area contributed by atoms with E-state index >= 15 is 0 Å². The average Bonchev–Trinajstić information content (AvgIpc) is 2.81. The van der Waals surface area contributed by atoms with Crippen LogP contribution in [0, 0.1) is 17.8 Å². The number of rotatable bonds is 1. The topological polar surface area (TPSA) is 43.8 Å². The fourth-order valence-corrected chi connectivity index (χ4v) is 3.65. The first-order valence-corrected chi connectivity index (χ1v) is 8.67. The van der Waals surface area contributed by atoms with Crippen LogP contribution < -0.4 is 0 Å². The van der Waals surface area contributed by atoms with E-state index in [0.29, 0.717) is 12.0 Å². The van der Waals surface area contributed by atoms with Crippen LogP contribution in [-0.4, -0.2) is 59.1 Å². The molecule has 0 radical (unpaired) electrons. The fourth-order valence-electron chi connectivity index (χ4n) is 3.65. The van der Waals surface area contributed by atoms with Gasteiger partial charge in [-0.3, -0.25) is 4.79 Å². The van der Waals surface area contributed by atoms with E-state index in [0.717, 1.165) is 37.2 Å². The second-order valence-electron chi connectivity index (χ2n) is 7.66. The number of aliphatic hydroxyl groups is 1. The number of benzene rings is 1. The van der Waals surface area contributed by atoms with E-state index in [1.165, 1.54) is 6.42 Å². The van der Waals surface area contributed by atoms with Crippen molar-refractivity contribution in [2.75, 3.05) is 26.7 Å². The third kappa shape index (κ3) is 3.98. The van der Waals surface area contributed by atoms with Crippen molar-refractivity contribution in [3.05, 3.63) is 35.4 Å². The molecule has 4 rings (SSSR count). The Morgan fingerprint density at radius 3 is 2.54 bits per heavy atom. The summed E-state index contributed by atoms with van der Waals surface area (Å²) in [4.78, 5) is 17.3. The van der Waals surface area contributed by atoms with E-state index in [1.54, 1.807) is 13.8 Å². The number of fused-ring (bicyclic) bond motifs is 4. The van der Waals surface area contributed by atoms with Crippen LogP contribution in [0.25, 0.3) is 0 Å². The molecule has 24 heavy (non-hydrogen) atoms. The number of hydrogen-bond acceptors (Lipinski definition) is 3. The Kier molecular flexibility index (Phi) is 4.67. The number of hydrogen-bond donors (Lipinski definition) is 1. The van der Waals surface area contributed by atoms with Crippen molar-refractivity contribution >= 4 is 5.91 Å². The Morgan fingerprint density at radius 1 is 1.17 bits per heavy atom. The molecule has 4 nitrogen and oxygen atoms in total. The molecule has 3 heterocycles. The van der Waals surface area contributed by atoms with Gasteiger partial charge < -0.3 is 14.9 Å². The predicted molar refractivity (Wildman–Crippen MR) is 94.7 cm³/mol. The Hall–Kier alpha value is -1.83. The minimum absolute atomic E-state index is 0.127. The lowest BCUT2D eigenvalue weighted by atomic mass is 9.94. The number of carbonyl (C=O) groups is 1. The molecule has 2 atom stereocenters. The number of carbonyl (C=O) groups excluding carboxylic acids is 1. The van der Waals surface area contributed by atoms with E-state index < -0.39 is 5.60 Å². The molecule has 0 aliphatic carbocycles. The van der Waals surface area contributed by atoms with Crippen molar-refractivity contribution in [2.24, 2.45) is 5.92 Å². The molecule has 2 bridgehead atoms. The van der Waals surface area contributed by atoms with Crippen molar-refractivity contribution in [1.29, 1.82) is 0 Å². The number of piperidine rings is 1. The van der Waals surface area contributed by atoms with E-state index in [1.807, 2.05) is 24.3 Å². The summed E-state index contributed by atoms with van der Waals surface area (Å²) < 4.78 is 0. The summed E-state index contributed by atoms with van der Waals surface area (Å²) in [6.45, 7) is 6.24. The lowest BCUT2D eigenvalue weighted by molar-refractivity contribution is 0.0587. The highest BCUT2D eigenvalue weighted by Crippen LogP contribution is 2.28. The summed E-state index contributed by atoms with van der Waals surface area (Å²) in [7, 11) is 2.15. The zero-order valence-corrected chi connectivity index (χ0v) is 14.7. The third-order valence-electron chi connectivity index (χ3n) is 4.80. The minimum atomic E-state index is -1.01. The lowest BCUT2D eigenvalue weighted by Crippen LogP contribution is -2.47. The first-order valence-electron chi connectivity index (χ1n) is 8.67. The molecule has 3 aliphatic rings. The average molecular weight is 326 g/mol.